The van der Waals surface area contributed by atoms with Crippen molar-refractivity contribution in [3.8, 4) is 0 Å². The second kappa shape index (κ2) is 12.7. The number of likely N-dealkylation sites (N-methyl/N-ethyl adjacent to an activating group) is 1. The standard InChI is InChI=1S/C17H36N4O/c1-18-17(20-12-13-21(2)14-15-22-3)19-11-7-6-10-16-8-4-5-9-16/h16H,4-15H2,1-3H3,(H2,18,19,20). The van der Waals surface area contributed by atoms with Crippen molar-refractivity contribution in [2.75, 3.05) is 54.0 Å². The summed E-state index contributed by atoms with van der Waals surface area (Å²) in [5.74, 6) is 1.93. The molecule has 0 bridgehead atoms. The molecular weight excluding hydrogens is 276 g/mol. The molecule has 1 aliphatic rings. The summed E-state index contributed by atoms with van der Waals surface area (Å²) in [6.45, 7) is 4.66. The monoisotopic (exact) mass is 312 g/mol. The van der Waals surface area contributed by atoms with Gasteiger partial charge >= 0.3 is 0 Å². The van der Waals surface area contributed by atoms with Gasteiger partial charge in [-0.2, -0.15) is 0 Å². The molecule has 1 fully saturated rings. The molecule has 0 saturated heterocycles. The quantitative estimate of drug-likeness (QED) is 0.348. The fraction of sp³-hybridized carbons (Fsp3) is 0.941. The van der Waals surface area contributed by atoms with E-state index in [1.807, 2.05) is 7.05 Å². The Balaban J connectivity index is 1.97. The van der Waals surface area contributed by atoms with Crippen LogP contribution in [0.2, 0.25) is 0 Å². The van der Waals surface area contributed by atoms with Gasteiger partial charge in [0.05, 0.1) is 6.61 Å². The number of methoxy groups -OCH3 is 1. The summed E-state index contributed by atoms with van der Waals surface area (Å²) < 4.78 is 5.08. The largest absolute Gasteiger partial charge is 0.383 e. The first-order valence-corrected chi connectivity index (χ1v) is 8.88. The molecule has 0 heterocycles. The second-order valence-corrected chi connectivity index (χ2v) is 6.37. The van der Waals surface area contributed by atoms with Crippen LogP contribution in [0.4, 0.5) is 0 Å². The Bertz CT molecular complexity index is 290. The number of aliphatic imine (C=N–C) groups is 1. The number of ether oxygens (including phenoxy) is 1. The summed E-state index contributed by atoms with van der Waals surface area (Å²) in [6.07, 6.45) is 9.84. The van der Waals surface area contributed by atoms with E-state index in [0.717, 1.165) is 44.7 Å². The molecule has 0 atom stereocenters. The Morgan fingerprint density at radius 2 is 1.86 bits per heavy atom. The molecule has 5 nitrogen and oxygen atoms in total. The Kier molecular flexibility index (Phi) is 11.1. The van der Waals surface area contributed by atoms with Crippen molar-refractivity contribution in [2.45, 2.75) is 44.9 Å². The lowest BCUT2D eigenvalue weighted by atomic mass is 10.0. The maximum absolute atomic E-state index is 5.08. The average molecular weight is 313 g/mol. The number of rotatable bonds is 11. The van der Waals surface area contributed by atoms with E-state index in [1.165, 1.54) is 44.9 Å². The van der Waals surface area contributed by atoms with Crippen LogP contribution in [0.5, 0.6) is 0 Å². The van der Waals surface area contributed by atoms with Gasteiger partial charge in [-0.25, -0.2) is 0 Å². The highest BCUT2D eigenvalue weighted by molar-refractivity contribution is 5.79. The number of unbranched alkanes of at least 4 members (excludes halogenated alkanes) is 1. The van der Waals surface area contributed by atoms with E-state index in [0.29, 0.717) is 0 Å². The van der Waals surface area contributed by atoms with Crippen molar-refractivity contribution in [1.82, 2.24) is 15.5 Å². The minimum absolute atomic E-state index is 0.782. The van der Waals surface area contributed by atoms with Crippen LogP contribution in [0.25, 0.3) is 0 Å². The van der Waals surface area contributed by atoms with Gasteiger partial charge in [-0.15, -0.1) is 0 Å². The molecule has 1 rings (SSSR count). The van der Waals surface area contributed by atoms with E-state index >= 15 is 0 Å². The summed E-state index contributed by atoms with van der Waals surface area (Å²) in [5, 5.41) is 6.77. The lowest BCUT2D eigenvalue weighted by Crippen LogP contribution is -2.41. The van der Waals surface area contributed by atoms with Crippen LogP contribution in [0.3, 0.4) is 0 Å². The van der Waals surface area contributed by atoms with Gasteiger partial charge in [0.1, 0.15) is 0 Å². The van der Waals surface area contributed by atoms with Crippen LogP contribution in [0.1, 0.15) is 44.9 Å². The van der Waals surface area contributed by atoms with Gasteiger partial charge in [-0.3, -0.25) is 4.99 Å². The van der Waals surface area contributed by atoms with Crippen LogP contribution in [-0.2, 0) is 4.74 Å². The van der Waals surface area contributed by atoms with Crippen LogP contribution < -0.4 is 10.6 Å². The predicted octanol–water partition coefficient (Wildman–Crippen LogP) is 2.09. The molecule has 22 heavy (non-hydrogen) atoms. The van der Waals surface area contributed by atoms with Gasteiger partial charge in [-0.05, 0) is 19.4 Å². The minimum atomic E-state index is 0.782. The number of nitrogens with zero attached hydrogens (tertiary/aromatic N) is 2. The van der Waals surface area contributed by atoms with Gasteiger partial charge in [0.25, 0.3) is 0 Å². The molecule has 0 aliphatic heterocycles. The van der Waals surface area contributed by atoms with Crippen molar-refractivity contribution < 1.29 is 4.74 Å². The summed E-state index contributed by atoms with van der Waals surface area (Å²) in [7, 11) is 5.69. The first-order chi connectivity index (χ1) is 10.8. The number of nitrogens with one attached hydrogen (secondary N) is 2. The molecule has 0 aromatic rings. The number of hydrogen-bond acceptors (Lipinski definition) is 3. The molecule has 0 aromatic heterocycles. The van der Waals surface area contributed by atoms with E-state index in [1.54, 1.807) is 7.11 Å². The molecule has 0 amide bonds. The third-order valence-electron chi connectivity index (χ3n) is 4.49. The first-order valence-electron chi connectivity index (χ1n) is 8.88. The Morgan fingerprint density at radius 3 is 2.55 bits per heavy atom. The Labute approximate surface area is 136 Å². The van der Waals surface area contributed by atoms with Crippen molar-refractivity contribution >= 4 is 5.96 Å². The molecule has 0 aromatic carbocycles. The highest BCUT2D eigenvalue weighted by Gasteiger charge is 2.13. The van der Waals surface area contributed by atoms with E-state index < -0.39 is 0 Å². The van der Waals surface area contributed by atoms with Crippen molar-refractivity contribution in [2.24, 2.45) is 10.9 Å². The molecule has 1 saturated carbocycles. The smallest absolute Gasteiger partial charge is 0.191 e. The highest BCUT2D eigenvalue weighted by atomic mass is 16.5. The topological polar surface area (TPSA) is 48.9 Å². The third-order valence-corrected chi connectivity index (χ3v) is 4.49. The van der Waals surface area contributed by atoms with Gasteiger partial charge in [0, 0.05) is 40.3 Å². The molecular formula is C17H36N4O. The van der Waals surface area contributed by atoms with Gasteiger partial charge in [0.2, 0.25) is 0 Å². The Morgan fingerprint density at radius 1 is 1.14 bits per heavy atom. The van der Waals surface area contributed by atoms with E-state index in [2.05, 4.69) is 27.6 Å². The fourth-order valence-corrected chi connectivity index (χ4v) is 3.01. The van der Waals surface area contributed by atoms with Crippen molar-refractivity contribution in [3.05, 3.63) is 0 Å². The molecule has 1 aliphatic carbocycles. The maximum atomic E-state index is 5.08. The first kappa shape index (κ1) is 19.2. The lowest BCUT2D eigenvalue weighted by molar-refractivity contribution is 0.162. The molecule has 5 heteroatoms. The summed E-state index contributed by atoms with van der Waals surface area (Å²) in [4.78, 5) is 6.53. The maximum Gasteiger partial charge on any atom is 0.191 e. The van der Waals surface area contributed by atoms with Crippen molar-refractivity contribution in [1.29, 1.82) is 0 Å². The van der Waals surface area contributed by atoms with Crippen molar-refractivity contribution in [3.63, 3.8) is 0 Å². The number of guanidine groups is 1. The fourth-order valence-electron chi connectivity index (χ4n) is 3.01. The van der Waals surface area contributed by atoms with Gasteiger partial charge < -0.3 is 20.3 Å². The zero-order valence-corrected chi connectivity index (χ0v) is 14.9. The van der Waals surface area contributed by atoms with E-state index in [4.69, 9.17) is 4.74 Å². The molecule has 0 radical (unpaired) electrons. The lowest BCUT2D eigenvalue weighted by Gasteiger charge is -2.18. The molecule has 130 valence electrons. The zero-order valence-electron chi connectivity index (χ0n) is 14.9. The van der Waals surface area contributed by atoms with Gasteiger partial charge in [0.15, 0.2) is 5.96 Å². The van der Waals surface area contributed by atoms with Crippen LogP contribution in [0, 0.1) is 5.92 Å². The number of hydrogen-bond donors (Lipinski definition) is 2. The summed E-state index contributed by atoms with van der Waals surface area (Å²) in [6, 6.07) is 0. The molecule has 0 unspecified atom stereocenters. The van der Waals surface area contributed by atoms with E-state index in [9.17, 15) is 0 Å². The van der Waals surface area contributed by atoms with Crippen LogP contribution >= 0.6 is 0 Å². The van der Waals surface area contributed by atoms with Crippen LogP contribution in [0.15, 0.2) is 4.99 Å². The normalized spacial score (nSPS) is 16.5. The van der Waals surface area contributed by atoms with Crippen LogP contribution in [-0.4, -0.2) is 64.9 Å². The predicted molar refractivity (Wildman–Crippen MR) is 94.5 cm³/mol. The SMILES string of the molecule is CN=C(NCCCCC1CCCC1)NCCN(C)CCOC. The third kappa shape index (κ3) is 9.26. The average Bonchev–Trinajstić information content (AvgIpc) is 3.04. The van der Waals surface area contributed by atoms with Gasteiger partial charge in [-0.1, -0.05) is 38.5 Å². The molecule has 2 N–H and O–H groups in total. The Hall–Kier alpha value is -0.810. The summed E-state index contributed by atoms with van der Waals surface area (Å²) >= 11 is 0. The molecule has 0 spiro atoms. The zero-order chi connectivity index (χ0) is 16.0. The second-order valence-electron chi connectivity index (χ2n) is 6.37. The highest BCUT2D eigenvalue weighted by Crippen LogP contribution is 2.28. The van der Waals surface area contributed by atoms with E-state index in [-0.39, 0.29) is 0 Å². The summed E-state index contributed by atoms with van der Waals surface area (Å²) in [5.41, 5.74) is 0. The minimum Gasteiger partial charge on any atom is -0.383 e.